The number of aromatic amines is 1. The van der Waals surface area contributed by atoms with Gasteiger partial charge in [0.05, 0.1) is 16.6 Å². The van der Waals surface area contributed by atoms with Crippen LogP contribution in [0.5, 0.6) is 0 Å². The Hall–Kier alpha value is -3.47. The van der Waals surface area contributed by atoms with Gasteiger partial charge in [0.2, 0.25) is 0 Å². The van der Waals surface area contributed by atoms with Crippen LogP contribution in [0.25, 0.3) is 22.4 Å². The minimum absolute atomic E-state index is 0.186. The molecule has 2 N–H and O–H groups in total. The quantitative estimate of drug-likeness (QED) is 0.575. The molecule has 1 aromatic heterocycles. The number of hydrogen-bond donors (Lipinski definition) is 2. The summed E-state index contributed by atoms with van der Waals surface area (Å²) in [4.78, 5) is 19.8. The second kappa shape index (κ2) is 6.20. The number of aromatic nitrogens is 2. The van der Waals surface area contributed by atoms with Crippen LogP contribution in [-0.4, -0.2) is 15.9 Å². The van der Waals surface area contributed by atoms with Crippen LogP contribution in [0.15, 0.2) is 72.8 Å². The summed E-state index contributed by atoms with van der Waals surface area (Å²) in [7, 11) is 0. The standard InChI is InChI=1S/C20H14FN3O/c21-16-9-5-4-8-15(16)19-23-17-11-10-14(12-18(17)24-19)22-20(25)13-6-2-1-3-7-13/h1-12H,(H,22,25)(H,23,24). The van der Waals surface area contributed by atoms with Crippen molar-refractivity contribution < 1.29 is 9.18 Å². The minimum atomic E-state index is -0.334. The molecule has 0 fully saturated rings. The van der Waals surface area contributed by atoms with E-state index >= 15 is 0 Å². The first-order valence-corrected chi connectivity index (χ1v) is 7.82. The Bertz CT molecular complexity index is 1060. The van der Waals surface area contributed by atoms with Crippen molar-refractivity contribution in [1.82, 2.24) is 9.97 Å². The van der Waals surface area contributed by atoms with E-state index in [1.807, 2.05) is 18.2 Å². The van der Waals surface area contributed by atoms with E-state index < -0.39 is 0 Å². The van der Waals surface area contributed by atoms with Crippen molar-refractivity contribution in [1.29, 1.82) is 0 Å². The van der Waals surface area contributed by atoms with Crippen LogP contribution in [-0.2, 0) is 0 Å². The summed E-state index contributed by atoms with van der Waals surface area (Å²) < 4.78 is 13.9. The van der Waals surface area contributed by atoms with Gasteiger partial charge in [0, 0.05) is 11.3 Å². The number of anilines is 1. The van der Waals surface area contributed by atoms with Crippen molar-refractivity contribution >= 4 is 22.6 Å². The number of amides is 1. The zero-order valence-electron chi connectivity index (χ0n) is 13.2. The second-order valence-electron chi connectivity index (χ2n) is 5.62. The maximum absolute atomic E-state index is 13.9. The lowest BCUT2D eigenvalue weighted by atomic mass is 10.2. The molecular formula is C20H14FN3O. The number of halogens is 1. The highest BCUT2D eigenvalue weighted by molar-refractivity contribution is 6.05. The Kier molecular flexibility index (Phi) is 3.74. The molecule has 4 nitrogen and oxygen atoms in total. The van der Waals surface area contributed by atoms with Crippen LogP contribution >= 0.6 is 0 Å². The van der Waals surface area contributed by atoms with Gasteiger partial charge >= 0.3 is 0 Å². The molecule has 25 heavy (non-hydrogen) atoms. The average molecular weight is 331 g/mol. The normalized spacial score (nSPS) is 10.8. The van der Waals surface area contributed by atoms with Gasteiger partial charge in [-0.3, -0.25) is 4.79 Å². The Morgan fingerprint density at radius 1 is 0.960 bits per heavy atom. The number of fused-ring (bicyclic) bond motifs is 1. The van der Waals surface area contributed by atoms with Gasteiger partial charge in [-0.2, -0.15) is 0 Å². The highest BCUT2D eigenvalue weighted by atomic mass is 19.1. The summed E-state index contributed by atoms with van der Waals surface area (Å²) >= 11 is 0. The van der Waals surface area contributed by atoms with Crippen molar-refractivity contribution in [2.24, 2.45) is 0 Å². The molecule has 0 spiro atoms. The third-order valence-corrected chi connectivity index (χ3v) is 3.90. The van der Waals surface area contributed by atoms with E-state index in [-0.39, 0.29) is 11.7 Å². The van der Waals surface area contributed by atoms with Crippen molar-refractivity contribution in [2.45, 2.75) is 0 Å². The maximum atomic E-state index is 13.9. The van der Waals surface area contributed by atoms with E-state index in [9.17, 15) is 9.18 Å². The van der Waals surface area contributed by atoms with E-state index in [4.69, 9.17) is 0 Å². The first kappa shape index (κ1) is 15.1. The van der Waals surface area contributed by atoms with Crippen LogP contribution in [0.3, 0.4) is 0 Å². The van der Waals surface area contributed by atoms with E-state index in [1.54, 1.807) is 48.5 Å². The van der Waals surface area contributed by atoms with Gasteiger partial charge in [0.15, 0.2) is 0 Å². The highest BCUT2D eigenvalue weighted by Gasteiger charge is 2.11. The van der Waals surface area contributed by atoms with Gasteiger partial charge < -0.3 is 10.3 Å². The number of hydrogen-bond acceptors (Lipinski definition) is 2. The van der Waals surface area contributed by atoms with Crippen LogP contribution in [0, 0.1) is 5.82 Å². The number of imidazole rings is 1. The molecule has 4 aromatic rings. The van der Waals surface area contributed by atoms with Crippen LogP contribution in [0.2, 0.25) is 0 Å². The van der Waals surface area contributed by atoms with E-state index in [0.29, 0.717) is 28.2 Å². The fourth-order valence-corrected chi connectivity index (χ4v) is 2.66. The molecule has 0 aliphatic carbocycles. The predicted molar refractivity (Wildman–Crippen MR) is 95.9 cm³/mol. The Morgan fingerprint density at radius 2 is 1.72 bits per heavy atom. The number of H-pyrrole nitrogens is 1. The average Bonchev–Trinajstić information content (AvgIpc) is 3.06. The molecule has 0 bridgehead atoms. The van der Waals surface area contributed by atoms with E-state index in [1.165, 1.54) is 6.07 Å². The van der Waals surface area contributed by atoms with Crippen molar-refractivity contribution in [3.05, 3.63) is 84.2 Å². The molecule has 0 saturated carbocycles. The van der Waals surface area contributed by atoms with Gasteiger partial charge in [0.1, 0.15) is 11.6 Å². The number of carbonyl (C=O) groups is 1. The molecule has 0 atom stereocenters. The molecule has 122 valence electrons. The summed E-state index contributed by atoms with van der Waals surface area (Å²) in [6.45, 7) is 0. The molecule has 3 aromatic carbocycles. The summed E-state index contributed by atoms with van der Waals surface area (Å²) in [5.41, 5.74) is 3.07. The third-order valence-electron chi connectivity index (χ3n) is 3.90. The van der Waals surface area contributed by atoms with Gasteiger partial charge in [-0.25, -0.2) is 9.37 Å². The van der Waals surface area contributed by atoms with Gasteiger partial charge in [0.25, 0.3) is 5.91 Å². The maximum Gasteiger partial charge on any atom is 0.255 e. The molecule has 1 heterocycles. The molecule has 1 amide bonds. The number of nitrogens with zero attached hydrogens (tertiary/aromatic N) is 1. The largest absolute Gasteiger partial charge is 0.338 e. The van der Waals surface area contributed by atoms with Crippen LogP contribution in [0.4, 0.5) is 10.1 Å². The molecule has 5 heteroatoms. The van der Waals surface area contributed by atoms with E-state index in [0.717, 1.165) is 5.52 Å². The molecule has 0 aliphatic heterocycles. The topological polar surface area (TPSA) is 57.8 Å². The predicted octanol–water partition coefficient (Wildman–Crippen LogP) is 4.62. The zero-order valence-corrected chi connectivity index (χ0v) is 13.2. The molecular weight excluding hydrogens is 317 g/mol. The summed E-state index contributed by atoms with van der Waals surface area (Å²) in [5, 5.41) is 2.85. The molecule has 0 saturated heterocycles. The van der Waals surface area contributed by atoms with Gasteiger partial charge in [-0.1, -0.05) is 30.3 Å². The number of carbonyl (C=O) groups excluding carboxylic acids is 1. The van der Waals surface area contributed by atoms with Gasteiger partial charge in [-0.15, -0.1) is 0 Å². The fraction of sp³-hybridized carbons (Fsp3) is 0. The smallest absolute Gasteiger partial charge is 0.255 e. The van der Waals surface area contributed by atoms with Crippen LogP contribution < -0.4 is 5.32 Å². The molecule has 4 rings (SSSR count). The van der Waals surface area contributed by atoms with E-state index in [2.05, 4.69) is 15.3 Å². The lowest BCUT2D eigenvalue weighted by Crippen LogP contribution is -2.11. The second-order valence-corrected chi connectivity index (χ2v) is 5.62. The molecule has 0 radical (unpaired) electrons. The minimum Gasteiger partial charge on any atom is -0.338 e. The number of nitrogens with one attached hydrogen (secondary N) is 2. The summed E-state index contributed by atoms with van der Waals surface area (Å²) in [6, 6.07) is 20.8. The molecule has 0 unspecified atom stereocenters. The lowest BCUT2D eigenvalue weighted by molar-refractivity contribution is 0.102. The molecule has 0 aliphatic rings. The van der Waals surface area contributed by atoms with Gasteiger partial charge in [-0.05, 0) is 42.5 Å². The monoisotopic (exact) mass is 331 g/mol. The van der Waals surface area contributed by atoms with Crippen molar-refractivity contribution in [2.75, 3.05) is 5.32 Å². The van der Waals surface area contributed by atoms with Crippen LogP contribution in [0.1, 0.15) is 10.4 Å². The Morgan fingerprint density at radius 3 is 2.52 bits per heavy atom. The number of benzene rings is 3. The van der Waals surface area contributed by atoms with Crippen molar-refractivity contribution in [3.8, 4) is 11.4 Å². The van der Waals surface area contributed by atoms with Crippen molar-refractivity contribution in [3.63, 3.8) is 0 Å². The summed E-state index contributed by atoms with van der Waals surface area (Å²) in [6.07, 6.45) is 0. The first-order chi connectivity index (χ1) is 12.2. The first-order valence-electron chi connectivity index (χ1n) is 7.82. The summed E-state index contributed by atoms with van der Waals surface area (Å²) in [5.74, 6) is -0.0624. The Balaban J connectivity index is 1.65. The fourth-order valence-electron chi connectivity index (χ4n) is 2.66. The Labute approximate surface area is 143 Å². The third kappa shape index (κ3) is 2.99. The zero-order chi connectivity index (χ0) is 17.2. The SMILES string of the molecule is O=C(Nc1ccc2nc(-c3ccccc3F)[nH]c2c1)c1ccccc1. The number of rotatable bonds is 3. The lowest BCUT2D eigenvalue weighted by Gasteiger charge is -2.04. The highest BCUT2D eigenvalue weighted by Crippen LogP contribution is 2.24.